The highest BCUT2D eigenvalue weighted by atomic mass is 16.5. The van der Waals surface area contributed by atoms with Crippen molar-refractivity contribution in [1.29, 1.82) is 0 Å². The van der Waals surface area contributed by atoms with Crippen molar-refractivity contribution >= 4 is 22.6 Å². The van der Waals surface area contributed by atoms with Crippen LogP contribution in [0.15, 0.2) is 36.9 Å². The van der Waals surface area contributed by atoms with Crippen LogP contribution in [0.5, 0.6) is 0 Å². The number of carbonyl (C=O) groups excluding carboxylic acids is 1. The Morgan fingerprint density at radius 2 is 1.93 bits per heavy atom. The number of fused-ring (bicyclic) bond motifs is 1. The number of anilines is 1. The molecule has 1 amide bonds. The molecule has 4 heterocycles. The maximum atomic E-state index is 12.6. The summed E-state index contributed by atoms with van der Waals surface area (Å²) in [4.78, 5) is 23.9. The fourth-order valence-electron chi connectivity index (χ4n) is 4.10. The zero-order valence-corrected chi connectivity index (χ0v) is 16.4. The molecule has 0 spiro atoms. The molecule has 0 radical (unpaired) electrons. The van der Waals surface area contributed by atoms with E-state index in [1.54, 1.807) is 10.9 Å². The van der Waals surface area contributed by atoms with Gasteiger partial charge in [0.15, 0.2) is 0 Å². The predicted octanol–water partition coefficient (Wildman–Crippen LogP) is 2.08. The van der Waals surface area contributed by atoms with Crippen molar-refractivity contribution in [1.82, 2.24) is 24.6 Å². The van der Waals surface area contributed by atoms with Gasteiger partial charge in [-0.25, -0.2) is 4.98 Å². The van der Waals surface area contributed by atoms with Crippen molar-refractivity contribution in [3.05, 3.63) is 36.9 Å². The summed E-state index contributed by atoms with van der Waals surface area (Å²) >= 11 is 0. The average molecular weight is 392 g/mol. The van der Waals surface area contributed by atoms with E-state index in [0.29, 0.717) is 11.9 Å². The summed E-state index contributed by atoms with van der Waals surface area (Å²) in [7, 11) is 1.89. The Balaban J connectivity index is 1.26. The number of hydrogen-bond donors (Lipinski definition) is 1. The Bertz CT molecular complexity index is 1040. The largest absolute Gasteiger partial charge is 0.379 e. The Morgan fingerprint density at radius 1 is 1.10 bits per heavy atom. The number of aryl methyl sites for hydroxylation is 1. The third-order valence-electron chi connectivity index (χ3n) is 5.90. The molecule has 0 unspecified atom stereocenters. The van der Waals surface area contributed by atoms with E-state index in [2.05, 4.69) is 31.3 Å². The van der Waals surface area contributed by atoms with Crippen LogP contribution < -0.4 is 5.32 Å². The van der Waals surface area contributed by atoms with Gasteiger partial charge in [-0.2, -0.15) is 5.10 Å². The molecule has 1 saturated carbocycles. The predicted molar refractivity (Wildman–Crippen MR) is 109 cm³/mol. The Kier molecular flexibility index (Phi) is 4.73. The number of amides is 1. The fraction of sp³-hybridized carbons (Fsp3) is 0.429. The number of hydrogen-bond acceptors (Lipinski definition) is 6. The van der Waals surface area contributed by atoms with E-state index in [1.165, 1.54) is 0 Å². The minimum Gasteiger partial charge on any atom is -0.379 e. The van der Waals surface area contributed by atoms with E-state index >= 15 is 0 Å². The second kappa shape index (κ2) is 7.53. The van der Waals surface area contributed by atoms with E-state index in [1.807, 2.05) is 31.7 Å². The third-order valence-corrected chi connectivity index (χ3v) is 5.90. The van der Waals surface area contributed by atoms with Crippen molar-refractivity contribution in [3.8, 4) is 11.1 Å². The molecule has 1 saturated heterocycles. The van der Waals surface area contributed by atoms with E-state index in [0.717, 1.165) is 61.2 Å². The quantitative estimate of drug-likeness (QED) is 0.732. The second-order valence-corrected chi connectivity index (χ2v) is 7.85. The molecule has 0 aromatic carbocycles. The number of pyridine rings is 2. The molecule has 150 valence electrons. The highest BCUT2D eigenvalue weighted by Crippen LogP contribution is 2.33. The molecular weight excluding hydrogens is 368 g/mol. The zero-order valence-electron chi connectivity index (χ0n) is 16.4. The maximum absolute atomic E-state index is 12.6. The molecule has 2 fully saturated rings. The number of morpholine rings is 1. The maximum Gasteiger partial charge on any atom is 0.228 e. The molecule has 8 heteroatoms. The smallest absolute Gasteiger partial charge is 0.228 e. The van der Waals surface area contributed by atoms with Gasteiger partial charge in [0.1, 0.15) is 5.82 Å². The summed E-state index contributed by atoms with van der Waals surface area (Å²) in [6.45, 7) is 3.53. The molecule has 2 aliphatic rings. The lowest BCUT2D eigenvalue weighted by molar-refractivity contribution is -0.125. The van der Waals surface area contributed by atoms with E-state index in [4.69, 9.17) is 4.74 Å². The van der Waals surface area contributed by atoms with Crippen molar-refractivity contribution in [2.45, 2.75) is 18.9 Å². The standard InChI is InChI=1S/C21H24N6O2/c1-26-13-17(11-24-26)16-6-14-9-20(23-12-19(14)22-10-16)25-21(28)15-7-18(8-15)27-2-4-29-5-3-27/h6,9-13,15,18H,2-5,7-8H2,1H3,(H,23,25,28). The number of nitrogens with one attached hydrogen (secondary N) is 1. The molecule has 29 heavy (non-hydrogen) atoms. The molecular formula is C21H24N6O2. The lowest BCUT2D eigenvalue weighted by atomic mass is 9.78. The fourth-order valence-corrected chi connectivity index (χ4v) is 4.10. The lowest BCUT2D eigenvalue weighted by Crippen LogP contribution is -2.52. The van der Waals surface area contributed by atoms with Gasteiger partial charge < -0.3 is 10.1 Å². The summed E-state index contributed by atoms with van der Waals surface area (Å²) in [6.07, 6.45) is 9.11. The Labute approximate surface area is 168 Å². The van der Waals surface area contributed by atoms with Gasteiger partial charge in [-0.3, -0.25) is 19.4 Å². The van der Waals surface area contributed by atoms with Gasteiger partial charge in [0.2, 0.25) is 5.91 Å². The molecule has 3 aromatic heterocycles. The Hall–Kier alpha value is -2.84. The van der Waals surface area contributed by atoms with Gasteiger partial charge in [0.25, 0.3) is 0 Å². The minimum absolute atomic E-state index is 0.0535. The molecule has 1 N–H and O–H groups in total. The highest BCUT2D eigenvalue weighted by Gasteiger charge is 2.38. The van der Waals surface area contributed by atoms with E-state index < -0.39 is 0 Å². The SMILES string of the molecule is Cn1cc(-c2cnc3cnc(NC(=O)C4CC(N5CCOCC5)C4)cc3c2)cn1. The Morgan fingerprint density at radius 3 is 2.69 bits per heavy atom. The number of nitrogens with zero attached hydrogens (tertiary/aromatic N) is 5. The summed E-state index contributed by atoms with van der Waals surface area (Å²) in [5, 5.41) is 8.14. The van der Waals surface area contributed by atoms with Gasteiger partial charge in [-0.15, -0.1) is 0 Å². The van der Waals surface area contributed by atoms with Crippen LogP contribution in [0.2, 0.25) is 0 Å². The molecule has 1 aliphatic carbocycles. The summed E-state index contributed by atoms with van der Waals surface area (Å²) in [6, 6.07) is 4.44. The van der Waals surface area contributed by atoms with Crippen LogP contribution in [0.1, 0.15) is 12.8 Å². The van der Waals surface area contributed by atoms with E-state index in [-0.39, 0.29) is 11.8 Å². The molecule has 3 aromatic rings. The molecule has 5 rings (SSSR count). The van der Waals surface area contributed by atoms with Crippen molar-refractivity contribution in [3.63, 3.8) is 0 Å². The molecule has 0 atom stereocenters. The first kappa shape index (κ1) is 18.2. The summed E-state index contributed by atoms with van der Waals surface area (Å²) < 4.78 is 7.17. The van der Waals surface area contributed by atoms with Crippen LogP contribution in [-0.2, 0) is 16.6 Å². The van der Waals surface area contributed by atoms with Gasteiger partial charge in [-0.1, -0.05) is 0 Å². The average Bonchev–Trinajstić information content (AvgIpc) is 3.13. The van der Waals surface area contributed by atoms with Gasteiger partial charge in [0, 0.05) is 61.0 Å². The lowest BCUT2D eigenvalue weighted by Gasteiger charge is -2.43. The highest BCUT2D eigenvalue weighted by molar-refractivity contribution is 5.94. The number of ether oxygens (including phenoxy) is 1. The van der Waals surface area contributed by atoms with Crippen LogP contribution in [0, 0.1) is 5.92 Å². The zero-order chi connectivity index (χ0) is 19.8. The molecule has 0 bridgehead atoms. The number of aromatic nitrogens is 4. The first-order chi connectivity index (χ1) is 14.2. The van der Waals surface area contributed by atoms with Crippen LogP contribution in [-0.4, -0.2) is 62.9 Å². The van der Waals surface area contributed by atoms with Crippen LogP contribution in [0.3, 0.4) is 0 Å². The summed E-state index contributed by atoms with van der Waals surface area (Å²) in [5.74, 6) is 0.681. The van der Waals surface area contributed by atoms with E-state index in [9.17, 15) is 4.79 Å². The molecule has 1 aliphatic heterocycles. The van der Waals surface area contributed by atoms with Crippen molar-refractivity contribution < 1.29 is 9.53 Å². The van der Waals surface area contributed by atoms with Gasteiger partial charge >= 0.3 is 0 Å². The van der Waals surface area contributed by atoms with Crippen molar-refractivity contribution in [2.75, 3.05) is 31.6 Å². The van der Waals surface area contributed by atoms with Gasteiger partial charge in [-0.05, 0) is 25.0 Å². The first-order valence-corrected chi connectivity index (χ1v) is 10.0. The topological polar surface area (TPSA) is 85.2 Å². The third kappa shape index (κ3) is 3.73. The minimum atomic E-state index is 0.0535. The molecule has 8 nitrogen and oxygen atoms in total. The second-order valence-electron chi connectivity index (χ2n) is 7.85. The van der Waals surface area contributed by atoms with Crippen LogP contribution in [0.4, 0.5) is 5.82 Å². The van der Waals surface area contributed by atoms with Crippen molar-refractivity contribution in [2.24, 2.45) is 13.0 Å². The van der Waals surface area contributed by atoms with Crippen LogP contribution in [0.25, 0.3) is 22.0 Å². The van der Waals surface area contributed by atoms with Crippen LogP contribution >= 0.6 is 0 Å². The normalized spacial score (nSPS) is 22.4. The number of carbonyl (C=O) groups is 1. The monoisotopic (exact) mass is 392 g/mol. The van der Waals surface area contributed by atoms with Gasteiger partial charge in [0.05, 0.1) is 31.1 Å². The number of rotatable bonds is 4. The summed E-state index contributed by atoms with van der Waals surface area (Å²) in [5.41, 5.74) is 2.79. The first-order valence-electron chi connectivity index (χ1n) is 10.0.